The molecule has 0 aromatic heterocycles. The first-order valence-electron chi connectivity index (χ1n) is 7.20. The van der Waals surface area contributed by atoms with Crippen LogP contribution in [-0.4, -0.2) is 36.7 Å². The van der Waals surface area contributed by atoms with Crippen LogP contribution in [0.2, 0.25) is 0 Å². The molecule has 1 aliphatic heterocycles. The third-order valence-electron chi connectivity index (χ3n) is 3.74. The van der Waals surface area contributed by atoms with Gasteiger partial charge in [-0.2, -0.15) is 0 Å². The fraction of sp³-hybridized carbons (Fsp3) is 0.500. The Bertz CT molecular complexity index is 509. The summed E-state index contributed by atoms with van der Waals surface area (Å²) in [5, 5.41) is 12.0. The van der Waals surface area contributed by atoms with Crippen LogP contribution in [0.1, 0.15) is 17.5 Å². The predicted molar refractivity (Wildman–Crippen MR) is 77.9 cm³/mol. The molecule has 1 fully saturated rings. The summed E-state index contributed by atoms with van der Waals surface area (Å²) < 4.78 is 5.16. The Hall–Kier alpha value is -1.88. The maximum atomic E-state index is 11.9. The van der Waals surface area contributed by atoms with Crippen LogP contribution in [0.3, 0.4) is 0 Å². The number of hydrogen-bond acceptors (Lipinski definition) is 3. The summed E-state index contributed by atoms with van der Waals surface area (Å²) in [6.07, 6.45) is 1.12. The molecule has 0 saturated carbocycles. The van der Waals surface area contributed by atoms with E-state index in [4.69, 9.17) is 4.74 Å². The number of carboxylic acids is 1. The smallest absolute Gasteiger partial charge is 0.308 e. The van der Waals surface area contributed by atoms with Gasteiger partial charge in [0.1, 0.15) is 0 Å². The number of carboxylic acid groups (broad SMARTS) is 1. The summed E-state index contributed by atoms with van der Waals surface area (Å²) in [6.45, 7) is 3.16. The molecule has 0 radical (unpaired) electrons. The van der Waals surface area contributed by atoms with Gasteiger partial charge in [-0.3, -0.25) is 9.59 Å². The molecular weight excluding hydrogens is 270 g/mol. The number of benzene rings is 1. The van der Waals surface area contributed by atoms with Crippen LogP contribution in [0, 0.1) is 18.8 Å². The van der Waals surface area contributed by atoms with Crippen LogP contribution in [0.25, 0.3) is 0 Å². The van der Waals surface area contributed by atoms with E-state index in [-0.39, 0.29) is 18.4 Å². The highest BCUT2D eigenvalue weighted by molar-refractivity contribution is 5.80. The minimum atomic E-state index is -0.889. The second-order valence-corrected chi connectivity index (χ2v) is 5.53. The zero-order valence-electron chi connectivity index (χ0n) is 12.2. The first-order valence-corrected chi connectivity index (χ1v) is 7.20. The zero-order chi connectivity index (χ0) is 15.2. The molecule has 1 heterocycles. The summed E-state index contributed by atoms with van der Waals surface area (Å²) in [6, 6.07) is 7.78. The third-order valence-corrected chi connectivity index (χ3v) is 3.74. The molecule has 0 bridgehead atoms. The fourth-order valence-electron chi connectivity index (χ4n) is 2.48. The topological polar surface area (TPSA) is 75.6 Å². The average molecular weight is 291 g/mol. The summed E-state index contributed by atoms with van der Waals surface area (Å²) >= 11 is 0. The molecule has 1 amide bonds. The Balaban J connectivity index is 1.90. The van der Waals surface area contributed by atoms with Crippen molar-refractivity contribution in [3.05, 3.63) is 35.4 Å². The minimum absolute atomic E-state index is 0.108. The van der Waals surface area contributed by atoms with Crippen LogP contribution in [0.15, 0.2) is 24.3 Å². The number of carbonyl (C=O) groups is 2. The molecule has 114 valence electrons. The van der Waals surface area contributed by atoms with Gasteiger partial charge in [-0.15, -0.1) is 0 Å². The summed E-state index contributed by atoms with van der Waals surface area (Å²) in [5.41, 5.74) is 2.07. The van der Waals surface area contributed by atoms with E-state index in [1.54, 1.807) is 0 Å². The van der Waals surface area contributed by atoms with Gasteiger partial charge in [0.05, 0.1) is 18.4 Å². The van der Waals surface area contributed by atoms with Crippen molar-refractivity contribution in [2.24, 2.45) is 11.8 Å². The van der Waals surface area contributed by atoms with Crippen LogP contribution < -0.4 is 5.32 Å². The highest BCUT2D eigenvalue weighted by atomic mass is 16.5. The first kappa shape index (κ1) is 15.5. The molecule has 1 aromatic carbocycles. The van der Waals surface area contributed by atoms with Gasteiger partial charge >= 0.3 is 5.97 Å². The maximum Gasteiger partial charge on any atom is 0.308 e. The maximum absolute atomic E-state index is 11.9. The lowest BCUT2D eigenvalue weighted by atomic mass is 9.98. The largest absolute Gasteiger partial charge is 0.481 e. The van der Waals surface area contributed by atoms with Gasteiger partial charge in [-0.25, -0.2) is 0 Å². The second-order valence-electron chi connectivity index (χ2n) is 5.53. The van der Waals surface area contributed by atoms with Crippen molar-refractivity contribution in [2.75, 3.05) is 19.8 Å². The molecule has 5 heteroatoms. The van der Waals surface area contributed by atoms with E-state index in [0.29, 0.717) is 26.1 Å². The van der Waals surface area contributed by atoms with Crippen LogP contribution >= 0.6 is 0 Å². The van der Waals surface area contributed by atoms with Gasteiger partial charge in [0.15, 0.2) is 0 Å². The molecule has 1 aromatic rings. The van der Waals surface area contributed by atoms with E-state index in [1.165, 1.54) is 0 Å². The molecule has 21 heavy (non-hydrogen) atoms. The van der Waals surface area contributed by atoms with Crippen LogP contribution in [-0.2, 0) is 20.7 Å². The Morgan fingerprint density at radius 3 is 2.90 bits per heavy atom. The number of hydrogen-bond donors (Lipinski definition) is 2. The standard InChI is InChI=1S/C16H21NO4/c1-11-3-2-4-12(7-11)8-14(16(19)20)9-17-15(18)13-5-6-21-10-13/h2-4,7,13-14H,5-6,8-10H2,1H3,(H,17,18)(H,19,20)/t13-,14-/m1/s1. The quantitative estimate of drug-likeness (QED) is 0.830. The normalized spacial score (nSPS) is 19.2. The van der Waals surface area contributed by atoms with Crippen LogP contribution in [0.4, 0.5) is 0 Å². The van der Waals surface area contributed by atoms with Gasteiger partial charge in [-0.1, -0.05) is 29.8 Å². The monoisotopic (exact) mass is 291 g/mol. The zero-order valence-corrected chi connectivity index (χ0v) is 12.2. The van der Waals surface area contributed by atoms with E-state index in [2.05, 4.69) is 5.32 Å². The van der Waals surface area contributed by atoms with Crippen molar-refractivity contribution in [3.8, 4) is 0 Å². The Morgan fingerprint density at radius 1 is 1.48 bits per heavy atom. The van der Waals surface area contributed by atoms with E-state index in [0.717, 1.165) is 11.1 Å². The van der Waals surface area contributed by atoms with Crippen molar-refractivity contribution in [1.82, 2.24) is 5.32 Å². The molecule has 0 spiro atoms. The summed E-state index contributed by atoms with van der Waals surface area (Å²) in [5.74, 6) is -1.75. The predicted octanol–water partition coefficient (Wildman–Crippen LogP) is 1.39. The van der Waals surface area contributed by atoms with E-state index >= 15 is 0 Å². The molecule has 0 unspecified atom stereocenters. The SMILES string of the molecule is Cc1cccc(C[C@H](CNC(=O)[C@@H]2CCOC2)C(=O)O)c1. The van der Waals surface area contributed by atoms with E-state index in [9.17, 15) is 14.7 Å². The molecule has 2 rings (SSSR count). The first-order chi connectivity index (χ1) is 10.1. The highest BCUT2D eigenvalue weighted by Crippen LogP contribution is 2.14. The Labute approximate surface area is 124 Å². The molecule has 0 aliphatic carbocycles. The van der Waals surface area contributed by atoms with Crippen molar-refractivity contribution >= 4 is 11.9 Å². The second kappa shape index (κ2) is 7.22. The Kier molecular flexibility index (Phi) is 5.33. The van der Waals surface area contributed by atoms with Gasteiger partial charge < -0.3 is 15.2 Å². The average Bonchev–Trinajstić information content (AvgIpc) is 2.97. The molecular formula is C16H21NO4. The lowest BCUT2D eigenvalue weighted by Crippen LogP contribution is -2.37. The highest BCUT2D eigenvalue weighted by Gasteiger charge is 2.25. The number of carbonyl (C=O) groups excluding carboxylic acids is 1. The lowest BCUT2D eigenvalue weighted by molar-refractivity contribution is -0.141. The van der Waals surface area contributed by atoms with Gasteiger partial charge in [0.25, 0.3) is 0 Å². The number of aryl methyl sites for hydroxylation is 1. The molecule has 5 nitrogen and oxygen atoms in total. The number of aliphatic carboxylic acids is 1. The lowest BCUT2D eigenvalue weighted by Gasteiger charge is -2.15. The van der Waals surface area contributed by atoms with Gasteiger partial charge in [0.2, 0.25) is 5.91 Å². The van der Waals surface area contributed by atoms with Gasteiger partial charge in [0, 0.05) is 13.2 Å². The number of rotatable bonds is 6. The van der Waals surface area contributed by atoms with Crippen molar-refractivity contribution in [1.29, 1.82) is 0 Å². The van der Waals surface area contributed by atoms with Gasteiger partial charge in [-0.05, 0) is 25.3 Å². The fourth-order valence-corrected chi connectivity index (χ4v) is 2.48. The summed E-state index contributed by atoms with van der Waals surface area (Å²) in [4.78, 5) is 23.2. The molecule has 2 atom stereocenters. The Morgan fingerprint density at radius 2 is 2.29 bits per heavy atom. The minimum Gasteiger partial charge on any atom is -0.481 e. The van der Waals surface area contributed by atoms with Crippen molar-refractivity contribution in [3.63, 3.8) is 0 Å². The molecule has 1 aliphatic rings. The summed E-state index contributed by atoms with van der Waals surface area (Å²) in [7, 11) is 0. The van der Waals surface area contributed by atoms with Crippen LogP contribution in [0.5, 0.6) is 0 Å². The van der Waals surface area contributed by atoms with E-state index in [1.807, 2.05) is 31.2 Å². The van der Waals surface area contributed by atoms with E-state index < -0.39 is 11.9 Å². The number of ether oxygens (including phenoxy) is 1. The number of amides is 1. The molecule has 1 saturated heterocycles. The number of nitrogens with one attached hydrogen (secondary N) is 1. The van der Waals surface area contributed by atoms with Crippen molar-refractivity contribution in [2.45, 2.75) is 19.8 Å². The van der Waals surface area contributed by atoms with Crippen molar-refractivity contribution < 1.29 is 19.4 Å². The third kappa shape index (κ3) is 4.56. The molecule has 2 N–H and O–H groups in total.